The van der Waals surface area contributed by atoms with Gasteiger partial charge in [-0.25, -0.2) is 4.79 Å². The molecule has 2 aliphatic rings. The van der Waals surface area contributed by atoms with E-state index in [1.807, 2.05) is 29.5 Å². The van der Waals surface area contributed by atoms with E-state index < -0.39 is 0 Å². The number of rotatable bonds is 26. The van der Waals surface area contributed by atoms with Gasteiger partial charge < -0.3 is 19.3 Å². The maximum absolute atomic E-state index is 13.0. The Morgan fingerprint density at radius 3 is 2.11 bits per heavy atom. The van der Waals surface area contributed by atoms with Crippen LogP contribution in [0.4, 0.5) is 16.2 Å². The van der Waals surface area contributed by atoms with Gasteiger partial charge in [-0.3, -0.25) is 14.6 Å². The molecule has 304 valence electrons. The quantitative estimate of drug-likeness (QED) is 0.0757. The number of unbranched alkanes of at least 4 members (excludes halogenated alkanes) is 16. The van der Waals surface area contributed by atoms with Crippen LogP contribution in [0.15, 0.2) is 47.8 Å². The average Bonchev–Trinajstić information content (AvgIpc) is 3.70. The first kappa shape index (κ1) is 42.8. The van der Waals surface area contributed by atoms with Crippen LogP contribution in [0.25, 0.3) is 10.1 Å². The van der Waals surface area contributed by atoms with Crippen molar-refractivity contribution in [1.82, 2.24) is 9.80 Å². The van der Waals surface area contributed by atoms with E-state index in [-0.39, 0.29) is 18.7 Å². The van der Waals surface area contributed by atoms with Gasteiger partial charge in [0.1, 0.15) is 5.75 Å². The van der Waals surface area contributed by atoms with Crippen LogP contribution in [0, 0.1) is 0 Å². The molecule has 3 aromatic rings. The molecule has 2 aliphatic heterocycles. The summed E-state index contributed by atoms with van der Waals surface area (Å²) in [6.07, 6.45) is 24.0. The number of hydrogen-bond acceptors (Lipinski definition) is 7. The molecule has 0 saturated carbocycles. The summed E-state index contributed by atoms with van der Waals surface area (Å²) >= 11 is 1.81. The molecule has 1 fully saturated rings. The topological polar surface area (TPSA) is 65.6 Å². The number of fused-ring (bicyclic) bond motifs is 2. The Hall–Kier alpha value is -3.30. The zero-order chi connectivity index (χ0) is 38.5. The minimum absolute atomic E-state index is 0.0231. The Balaban J connectivity index is 0.904. The van der Waals surface area contributed by atoms with Crippen LogP contribution in [-0.4, -0.2) is 81.5 Å². The van der Waals surface area contributed by atoms with Gasteiger partial charge >= 0.3 is 6.09 Å². The molecule has 2 amide bonds. The van der Waals surface area contributed by atoms with Crippen molar-refractivity contribution in [2.45, 2.75) is 135 Å². The SMILES string of the molecule is CCCCCCCCCCCCCCCCCCN(C)C(=O)OCN1C(=O)CCc2ccc(OCCCCN3CCN(c4cccc5sccc45)CC3)cc21. The fraction of sp³-hybridized carbons (Fsp3) is 0.652. The van der Waals surface area contributed by atoms with E-state index in [1.165, 1.54) is 106 Å². The van der Waals surface area contributed by atoms with E-state index in [1.54, 1.807) is 16.8 Å². The molecule has 1 aromatic heterocycles. The lowest BCUT2D eigenvalue weighted by Gasteiger charge is -2.36. The van der Waals surface area contributed by atoms with Crippen molar-refractivity contribution in [3.8, 4) is 5.75 Å². The Labute approximate surface area is 336 Å². The Morgan fingerprint density at radius 1 is 0.745 bits per heavy atom. The van der Waals surface area contributed by atoms with Crippen LogP contribution in [-0.2, 0) is 16.0 Å². The number of thiophene rings is 1. The lowest BCUT2D eigenvalue weighted by Crippen LogP contribution is -2.46. The normalized spacial score (nSPS) is 14.8. The van der Waals surface area contributed by atoms with Crippen molar-refractivity contribution >= 4 is 44.8 Å². The maximum Gasteiger partial charge on any atom is 0.411 e. The molecule has 55 heavy (non-hydrogen) atoms. The van der Waals surface area contributed by atoms with Crippen molar-refractivity contribution in [2.24, 2.45) is 0 Å². The van der Waals surface area contributed by atoms with Gasteiger partial charge in [-0.2, -0.15) is 0 Å². The zero-order valence-electron chi connectivity index (χ0n) is 34.2. The molecule has 1 saturated heterocycles. The molecule has 0 radical (unpaired) electrons. The fourth-order valence-corrected chi connectivity index (χ4v) is 8.87. The molecule has 3 heterocycles. The lowest BCUT2D eigenvalue weighted by atomic mass is 10.0. The highest BCUT2D eigenvalue weighted by Crippen LogP contribution is 2.33. The second-order valence-electron chi connectivity index (χ2n) is 15.9. The highest BCUT2D eigenvalue weighted by Gasteiger charge is 2.26. The third-order valence-electron chi connectivity index (χ3n) is 11.6. The summed E-state index contributed by atoms with van der Waals surface area (Å²) in [6, 6.07) is 14.9. The number of carbonyl (C=O) groups is 2. The van der Waals surface area contributed by atoms with Crippen LogP contribution < -0.4 is 14.5 Å². The summed E-state index contributed by atoms with van der Waals surface area (Å²) in [4.78, 5) is 34.1. The molecule has 0 aliphatic carbocycles. The van der Waals surface area contributed by atoms with Crippen LogP contribution in [0.3, 0.4) is 0 Å². The number of anilines is 2. The van der Waals surface area contributed by atoms with Gasteiger partial charge in [0.05, 0.1) is 12.3 Å². The lowest BCUT2D eigenvalue weighted by molar-refractivity contribution is -0.119. The Kier molecular flexibility index (Phi) is 19.0. The summed E-state index contributed by atoms with van der Waals surface area (Å²) < 4.78 is 13.2. The first-order chi connectivity index (χ1) is 27.0. The smallest absolute Gasteiger partial charge is 0.411 e. The minimum Gasteiger partial charge on any atom is -0.494 e. The molecule has 8 nitrogen and oxygen atoms in total. The largest absolute Gasteiger partial charge is 0.494 e. The summed E-state index contributed by atoms with van der Waals surface area (Å²) in [5.74, 6) is 0.728. The number of benzene rings is 2. The van der Waals surface area contributed by atoms with Crippen LogP contribution in [0.5, 0.6) is 5.75 Å². The van der Waals surface area contributed by atoms with Crippen molar-refractivity contribution in [2.75, 3.05) is 69.5 Å². The number of aryl methyl sites for hydroxylation is 1. The second-order valence-corrected chi connectivity index (χ2v) is 16.8. The first-order valence-corrected chi connectivity index (χ1v) is 22.8. The third-order valence-corrected chi connectivity index (χ3v) is 12.4. The second kappa shape index (κ2) is 24.4. The standard InChI is InChI=1S/C46H70N4O4S/c1-3-4-5-6-7-8-9-10-11-12-13-14-15-16-17-18-29-47(2)46(52)54-38-50-43-37-40(26-24-39(43)25-27-45(50)51)53-35-20-19-30-48-31-33-49(34-32-48)42-22-21-23-44-41(42)28-36-55-44/h21-24,26,28,36-37H,3-20,25,27,29-35,38H2,1-2H3. The zero-order valence-corrected chi connectivity index (χ0v) is 35.1. The molecular formula is C46H70N4O4S. The number of carbonyl (C=O) groups excluding carboxylic acids is 2. The van der Waals surface area contributed by atoms with E-state index in [2.05, 4.69) is 46.4 Å². The number of piperazine rings is 1. The van der Waals surface area contributed by atoms with Gasteiger partial charge in [0.25, 0.3) is 0 Å². The summed E-state index contributed by atoms with van der Waals surface area (Å²) in [5, 5.41) is 3.56. The van der Waals surface area contributed by atoms with E-state index in [4.69, 9.17) is 9.47 Å². The molecule has 0 spiro atoms. The average molecular weight is 775 g/mol. The maximum atomic E-state index is 13.0. The third kappa shape index (κ3) is 14.3. The van der Waals surface area contributed by atoms with Gasteiger partial charge in [-0.15, -0.1) is 11.3 Å². The molecular weight excluding hydrogens is 705 g/mol. The first-order valence-electron chi connectivity index (χ1n) is 21.9. The molecule has 2 aromatic carbocycles. The Bertz CT molecular complexity index is 1550. The van der Waals surface area contributed by atoms with Gasteiger partial charge in [-0.05, 0) is 67.4 Å². The summed E-state index contributed by atoms with van der Waals surface area (Å²) in [6.45, 7) is 8.85. The number of amides is 2. The van der Waals surface area contributed by atoms with Crippen molar-refractivity contribution < 1.29 is 19.1 Å². The number of hydrogen-bond donors (Lipinski definition) is 0. The van der Waals surface area contributed by atoms with Crippen LogP contribution >= 0.6 is 11.3 Å². The molecule has 0 bridgehead atoms. The van der Waals surface area contributed by atoms with Crippen LogP contribution in [0.1, 0.15) is 134 Å². The highest BCUT2D eigenvalue weighted by molar-refractivity contribution is 7.17. The molecule has 0 unspecified atom stereocenters. The van der Waals surface area contributed by atoms with Gasteiger partial charge in [0.2, 0.25) is 5.91 Å². The van der Waals surface area contributed by atoms with Crippen molar-refractivity contribution in [1.29, 1.82) is 0 Å². The van der Waals surface area contributed by atoms with E-state index in [9.17, 15) is 9.59 Å². The van der Waals surface area contributed by atoms with Crippen LogP contribution in [0.2, 0.25) is 0 Å². The van der Waals surface area contributed by atoms with Gasteiger partial charge in [0, 0.05) is 68.0 Å². The van der Waals surface area contributed by atoms with E-state index in [0.29, 0.717) is 26.0 Å². The molecule has 0 N–H and O–H groups in total. The van der Waals surface area contributed by atoms with E-state index >= 15 is 0 Å². The number of ether oxygens (including phenoxy) is 2. The fourth-order valence-electron chi connectivity index (χ4n) is 8.06. The summed E-state index contributed by atoms with van der Waals surface area (Å²) in [7, 11) is 1.79. The van der Waals surface area contributed by atoms with Gasteiger partial charge in [0.15, 0.2) is 6.73 Å². The minimum atomic E-state index is -0.380. The molecule has 0 atom stereocenters. The van der Waals surface area contributed by atoms with Crippen molar-refractivity contribution in [3.05, 3.63) is 53.4 Å². The predicted molar refractivity (Wildman–Crippen MR) is 231 cm³/mol. The molecule has 9 heteroatoms. The number of nitrogens with zero attached hydrogens (tertiary/aromatic N) is 4. The summed E-state index contributed by atoms with van der Waals surface area (Å²) in [5.41, 5.74) is 3.24. The monoisotopic (exact) mass is 775 g/mol. The van der Waals surface area contributed by atoms with Gasteiger partial charge in [-0.1, -0.05) is 115 Å². The predicted octanol–water partition coefficient (Wildman–Crippen LogP) is 11.4. The molecule has 5 rings (SSSR count). The highest BCUT2D eigenvalue weighted by atomic mass is 32.1. The van der Waals surface area contributed by atoms with E-state index in [0.717, 1.165) is 75.4 Å². The van der Waals surface area contributed by atoms with Crippen molar-refractivity contribution in [3.63, 3.8) is 0 Å². The Morgan fingerprint density at radius 2 is 1.42 bits per heavy atom.